The molecule has 8 heteroatoms. The molecule has 120 valence electrons. The first-order valence-electron chi connectivity index (χ1n) is 7.81. The number of hydrogen-bond acceptors (Lipinski definition) is 7. The van der Waals surface area contributed by atoms with Gasteiger partial charge in [0.25, 0.3) is 0 Å². The van der Waals surface area contributed by atoms with Gasteiger partial charge in [-0.3, -0.25) is 0 Å². The third kappa shape index (κ3) is 3.13. The van der Waals surface area contributed by atoms with E-state index in [-0.39, 0.29) is 0 Å². The first kappa shape index (κ1) is 14.4. The predicted octanol–water partition coefficient (Wildman–Crippen LogP) is 2.63. The molecule has 3 aromatic heterocycles. The van der Waals surface area contributed by atoms with Crippen molar-refractivity contribution in [2.45, 2.75) is 25.8 Å². The van der Waals surface area contributed by atoms with Crippen LogP contribution in [-0.2, 0) is 0 Å². The standard InChI is InChI=1S/C15H19N7S/c1-9-7-12(23-22-9)19-15-20-13-11(4-6-17-13)14(21-15)18-10-3-2-5-16-8-10/h4,6-7,10,16H,2-3,5,8H2,1H3,(H3,17,18,19,20,21). The number of aryl methyl sites for hydroxylation is 1. The van der Waals surface area contributed by atoms with Crippen molar-refractivity contribution in [3.05, 3.63) is 24.0 Å². The van der Waals surface area contributed by atoms with Crippen molar-refractivity contribution < 1.29 is 0 Å². The molecule has 1 saturated heterocycles. The Balaban J connectivity index is 1.63. The van der Waals surface area contributed by atoms with Crippen LogP contribution in [0, 0.1) is 6.92 Å². The van der Waals surface area contributed by atoms with Crippen LogP contribution in [-0.4, -0.2) is 38.5 Å². The molecule has 1 unspecified atom stereocenters. The highest BCUT2D eigenvalue weighted by molar-refractivity contribution is 7.10. The van der Waals surface area contributed by atoms with E-state index >= 15 is 0 Å². The molecule has 0 saturated carbocycles. The zero-order chi connectivity index (χ0) is 15.6. The molecule has 1 fully saturated rings. The van der Waals surface area contributed by atoms with Crippen LogP contribution in [0.15, 0.2) is 18.3 Å². The van der Waals surface area contributed by atoms with Crippen LogP contribution in [0.3, 0.4) is 0 Å². The van der Waals surface area contributed by atoms with Crippen molar-refractivity contribution in [2.24, 2.45) is 0 Å². The van der Waals surface area contributed by atoms with Gasteiger partial charge in [-0.15, -0.1) is 0 Å². The topological polar surface area (TPSA) is 90.6 Å². The summed E-state index contributed by atoms with van der Waals surface area (Å²) in [6, 6.07) is 4.40. The number of H-pyrrole nitrogens is 1. The molecule has 4 rings (SSSR count). The second-order valence-corrected chi connectivity index (χ2v) is 6.59. The zero-order valence-corrected chi connectivity index (χ0v) is 13.7. The second-order valence-electron chi connectivity index (χ2n) is 5.78. The summed E-state index contributed by atoms with van der Waals surface area (Å²) >= 11 is 1.41. The number of anilines is 3. The van der Waals surface area contributed by atoms with Crippen molar-refractivity contribution in [1.82, 2.24) is 24.6 Å². The van der Waals surface area contributed by atoms with Crippen molar-refractivity contribution in [2.75, 3.05) is 23.7 Å². The molecule has 23 heavy (non-hydrogen) atoms. The van der Waals surface area contributed by atoms with Gasteiger partial charge in [0.1, 0.15) is 16.5 Å². The van der Waals surface area contributed by atoms with Crippen molar-refractivity contribution in [3.63, 3.8) is 0 Å². The first-order chi connectivity index (χ1) is 11.3. The minimum atomic E-state index is 0.398. The maximum atomic E-state index is 4.67. The van der Waals surface area contributed by atoms with E-state index in [4.69, 9.17) is 0 Å². The molecule has 4 heterocycles. The van der Waals surface area contributed by atoms with Gasteiger partial charge in [-0.25, -0.2) is 0 Å². The normalized spacial score (nSPS) is 18.2. The molecule has 0 spiro atoms. The van der Waals surface area contributed by atoms with Gasteiger partial charge in [0.05, 0.1) is 11.1 Å². The number of aromatic nitrogens is 4. The van der Waals surface area contributed by atoms with Gasteiger partial charge in [-0.2, -0.15) is 14.3 Å². The summed E-state index contributed by atoms with van der Waals surface area (Å²) in [4.78, 5) is 12.4. The SMILES string of the molecule is Cc1cc(Nc2nc(NC3CCCNC3)c3cc[nH]c3n2)sn1. The molecule has 0 radical (unpaired) electrons. The third-order valence-electron chi connectivity index (χ3n) is 3.92. The monoisotopic (exact) mass is 329 g/mol. The van der Waals surface area contributed by atoms with Crippen LogP contribution in [0.1, 0.15) is 18.5 Å². The van der Waals surface area contributed by atoms with E-state index in [9.17, 15) is 0 Å². The van der Waals surface area contributed by atoms with E-state index in [1.54, 1.807) is 0 Å². The molecule has 1 aliphatic heterocycles. The largest absolute Gasteiger partial charge is 0.365 e. The van der Waals surface area contributed by atoms with Crippen LogP contribution in [0.2, 0.25) is 0 Å². The molecule has 0 aliphatic carbocycles. The summed E-state index contributed by atoms with van der Waals surface area (Å²) in [7, 11) is 0. The molecule has 3 aromatic rings. The second kappa shape index (κ2) is 6.13. The van der Waals surface area contributed by atoms with Crippen LogP contribution < -0.4 is 16.0 Å². The third-order valence-corrected chi connectivity index (χ3v) is 4.71. The van der Waals surface area contributed by atoms with Crippen molar-refractivity contribution >= 4 is 39.3 Å². The minimum absolute atomic E-state index is 0.398. The molecule has 7 nitrogen and oxygen atoms in total. The van der Waals surface area contributed by atoms with E-state index in [1.165, 1.54) is 18.0 Å². The van der Waals surface area contributed by atoms with E-state index in [0.717, 1.165) is 47.1 Å². The molecule has 1 aliphatic rings. The van der Waals surface area contributed by atoms with Gasteiger partial charge < -0.3 is 20.9 Å². The fourth-order valence-electron chi connectivity index (χ4n) is 2.81. The smallest absolute Gasteiger partial charge is 0.231 e. The minimum Gasteiger partial charge on any atom is -0.365 e. The summed E-state index contributed by atoms with van der Waals surface area (Å²) in [6.45, 7) is 4.03. The van der Waals surface area contributed by atoms with Gasteiger partial charge >= 0.3 is 0 Å². The van der Waals surface area contributed by atoms with Gasteiger partial charge in [-0.1, -0.05) is 0 Å². The fraction of sp³-hybridized carbons (Fsp3) is 0.400. The van der Waals surface area contributed by atoms with E-state index in [1.807, 2.05) is 25.3 Å². The number of nitrogens with one attached hydrogen (secondary N) is 4. The van der Waals surface area contributed by atoms with Crippen LogP contribution in [0.25, 0.3) is 11.0 Å². The van der Waals surface area contributed by atoms with E-state index in [2.05, 4.69) is 35.3 Å². The number of aromatic amines is 1. The Kier molecular flexibility index (Phi) is 3.84. The van der Waals surface area contributed by atoms with Crippen LogP contribution in [0.5, 0.6) is 0 Å². The Hall–Kier alpha value is -2.19. The van der Waals surface area contributed by atoms with Crippen molar-refractivity contribution in [3.8, 4) is 0 Å². The first-order valence-corrected chi connectivity index (χ1v) is 8.58. The Morgan fingerprint density at radius 2 is 2.30 bits per heavy atom. The summed E-state index contributed by atoms with van der Waals surface area (Å²) in [5, 5.41) is 12.2. The van der Waals surface area contributed by atoms with Crippen LogP contribution >= 0.6 is 11.5 Å². The molecule has 0 aromatic carbocycles. The van der Waals surface area contributed by atoms with E-state index in [0.29, 0.717) is 12.0 Å². The summed E-state index contributed by atoms with van der Waals surface area (Å²) in [6.07, 6.45) is 4.23. The predicted molar refractivity (Wildman–Crippen MR) is 93.5 cm³/mol. The average Bonchev–Trinajstić information content (AvgIpc) is 3.17. The molecule has 0 amide bonds. The van der Waals surface area contributed by atoms with E-state index < -0.39 is 0 Å². The lowest BCUT2D eigenvalue weighted by atomic mass is 10.1. The lowest BCUT2D eigenvalue weighted by molar-refractivity contribution is 0.479. The van der Waals surface area contributed by atoms with Crippen LogP contribution in [0.4, 0.5) is 16.8 Å². The Morgan fingerprint density at radius 3 is 3.09 bits per heavy atom. The highest BCUT2D eigenvalue weighted by Gasteiger charge is 2.16. The van der Waals surface area contributed by atoms with Crippen molar-refractivity contribution in [1.29, 1.82) is 0 Å². The quantitative estimate of drug-likeness (QED) is 0.588. The van der Waals surface area contributed by atoms with Gasteiger partial charge in [0.2, 0.25) is 5.95 Å². The molecular weight excluding hydrogens is 310 g/mol. The summed E-state index contributed by atoms with van der Waals surface area (Å²) in [5.74, 6) is 1.45. The number of piperidine rings is 1. The maximum absolute atomic E-state index is 4.67. The zero-order valence-electron chi connectivity index (χ0n) is 12.9. The molecular formula is C15H19N7S. The Morgan fingerprint density at radius 1 is 1.35 bits per heavy atom. The molecule has 1 atom stereocenters. The highest BCUT2D eigenvalue weighted by atomic mass is 32.1. The van der Waals surface area contributed by atoms with Gasteiger partial charge in [0, 0.05) is 18.8 Å². The number of hydrogen-bond donors (Lipinski definition) is 4. The summed E-state index contributed by atoms with van der Waals surface area (Å²) < 4.78 is 4.27. The highest BCUT2D eigenvalue weighted by Crippen LogP contribution is 2.25. The number of fused-ring (bicyclic) bond motifs is 1. The Bertz CT molecular complexity index is 803. The average molecular weight is 329 g/mol. The lowest BCUT2D eigenvalue weighted by Gasteiger charge is -2.24. The Labute approximate surface area is 138 Å². The molecule has 0 bridgehead atoms. The number of rotatable bonds is 4. The van der Waals surface area contributed by atoms with Gasteiger partial charge in [0.15, 0.2) is 0 Å². The lowest BCUT2D eigenvalue weighted by Crippen LogP contribution is -2.38. The summed E-state index contributed by atoms with van der Waals surface area (Å²) in [5.41, 5.74) is 1.82. The fourth-order valence-corrected chi connectivity index (χ4v) is 3.46. The van der Waals surface area contributed by atoms with Gasteiger partial charge in [-0.05, 0) is 50.0 Å². The number of nitrogens with zero attached hydrogens (tertiary/aromatic N) is 3. The molecule has 4 N–H and O–H groups in total. The maximum Gasteiger partial charge on any atom is 0.231 e.